The van der Waals surface area contributed by atoms with Crippen molar-refractivity contribution in [2.24, 2.45) is 17.6 Å². The summed E-state index contributed by atoms with van der Waals surface area (Å²) in [5.41, 5.74) is 6.55. The summed E-state index contributed by atoms with van der Waals surface area (Å²) in [6.07, 6.45) is 6.72. The van der Waals surface area contributed by atoms with Crippen LogP contribution in [0.4, 0.5) is 11.5 Å². The van der Waals surface area contributed by atoms with Crippen LogP contribution < -0.4 is 11.1 Å². The normalized spacial score (nSPS) is 23.4. The number of aromatic nitrogens is 2. The Hall–Kier alpha value is -3.05. The molecule has 2 aliphatic rings. The van der Waals surface area contributed by atoms with E-state index in [0.29, 0.717) is 30.1 Å². The van der Waals surface area contributed by atoms with Gasteiger partial charge in [0.25, 0.3) is 5.91 Å². The molecule has 9 heteroatoms. The number of carbonyl (C=O) groups excluding carboxylic acids is 2. The Morgan fingerprint density at radius 3 is 2.53 bits per heavy atom. The highest BCUT2D eigenvalue weighted by atomic mass is 35.5. The summed E-state index contributed by atoms with van der Waals surface area (Å²) < 4.78 is 1.66. The fourth-order valence-electron chi connectivity index (χ4n) is 4.71. The van der Waals surface area contributed by atoms with Gasteiger partial charge in [0.1, 0.15) is 5.56 Å². The summed E-state index contributed by atoms with van der Waals surface area (Å²) in [5.74, 6) is -0.594. The number of likely N-dealkylation sites (tertiary alicyclic amines) is 1. The van der Waals surface area contributed by atoms with E-state index in [4.69, 9.17) is 17.3 Å². The molecule has 1 aromatic heterocycles. The minimum atomic E-state index is -0.602. The van der Waals surface area contributed by atoms with Crippen molar-refractivity contribution >= 4 is 34.9 Å². The van der Waals surface area contributed by atoms with Crippen molar-refractivity contribution in [1.29, 1.82) is 5.26 Å². The molecule has 1 aliphatic heterocycles. The molecule has 1 saturated heterocycles. The van der Waals surface area contributed by atoms with Crippen molar-refractivity contribution in [3.8, 4) is 6.07 Å². The lowest BCUT2D eigenvalue weighted by Gasteiger charge is -2.36. The van der Waals surface area contributed by atoms with Crippen LogP contribution in [0.5, 0.6) is 0 Å². The van der Waals surface area contributed by atoms with Gasteiger partial charge in [-0.15, -0.1) is 0 Å². The van der Waals surface area contributed by atoms with E-state index in [1.165, 1.54) is 6.42 Å². The lowest BCUT2D eigenvalue weighted by Crippen LogP contribution is -2.42. The Morgan fingerprint density at radius 2 is 1.88 bits per heavy atom. The Morgan fingerprint density at radius 1 is 1.16 bits per heavy atom. The van der Waals surface area contributed by atoms with Crippen LogP contribution in [0.2, 0.25) is 5.02 Å². The molecule has 3 N–H and O–H groups in total. The number of hydrogen-bond acceptors (Lipinski definition) is 5. The molecule has 2 aromatic rings. The maximum atomic E-state index is 12.9. The largest absolute Gasteiger partial charge is 0.365 e. The Balaban J connectivity index is 1.51. The number of carbonyl (C=O) groups is 2. The third-order valence-corrected chi connectivity index (χ3v) is 6.69. The zero-order valence-electron chi connectivity index (χ0n) is 17.8. The molecule has 0 bridgehead atoms. The summed E-state index contributed by atoms with van der Waals surface area (Å²) in [4.78, 5) is 26.9. The summed E-state index contributed by atoms with van der Waals surface area (Å²) in [7, 11) is 0. The van der Waals surface area contributed by atoms with Gasteiger partial charge in [-0.1, -0.05) is 11.6 Å². The number of nitrogens with zero attached hydrogens (tertiary/aromatic N) is 4. The number of nitriles is 1. The molecule has 2 heterocycles. The van der Waals surface area contributed by atoms with Gasteiger partial charge in [0.05, 0.1) is 18.0 Å². The number of halogens is 1. The second-order valence-electron chi connectivity index (χ2n) is 8.57. The number of piperidine rings is 1. The van der Waals surface area contributed by atoms with E-state index in [9.17, 15) is 14.9 Å². The average molecular weight is 455 g/mol. The molecule has 1 aromatic carbocycles. The zero-order chi connectivity index (χ0) is 22.7. The summed E-state index contributed by atoms with van der Waals surface area (Å²) in [6.45, 7) is 1.63. The van der Waals surface area contributed by atoms with Crippen LogP contribution in [0.3, 0.4) is 0 Å². The van der Waals surface area contributed by atoms with Crippen LogP contribution in [0.15, 0.2) is 30.5 Å². The molecule has 168 valence electrons. The highest BCUT2D eigenvalue weighted by Gasteiger charge is 2.37. The third-order valence-electron chi connectivity index (χ3n) is 6.44. The molecule has 3 atom stereocenters. The minimum absolute atomic E-state index is 0.133. The van der Waals surface area contributed by atoms with E-state index in [1.807, 2.05) is 4.90 Å². The Bertz CT molecular complexity index is 1020. The molecule has 8 nitrogen and oxygen atoms in total. The number of amides is 2. The number of rotatable bonds is 5. The van der Waals surface area contributed by atoms with Gasteiger partial charge in [-0.2, -0.15) is 10.4 Å². The number of nitrogens with two attached hydrogens (primary N) is 1. The van der Waals surface area contributed by atoms with E-state index >= 15 is 0 Å². The van der Waals surface area contributed by atoms with Crippen LogP contribution in [0.1, 0.15) is 54.9 Å². The first kappa shape index (κ1) is 22.2. The molecule has 4 rings (SSSR count). The van der Waals surface area contributed by atoms with Gasteiger partial charge < -0.3 is 16.0 Å². The van der Waals surface area contributed by atoms with Gasteiger partial charge in [0.2, 0.25) is 5.91 Å². The zero-order valence-corrected chi connectivity index (χ0v) is 18.6. The molecule has 1 aliphatic carbocycles. The molecule has 32 heavy (non-hydrogen) atoms. The van der Waals surface area contributed by atoms with Crippen molar-refractivity contribution in [1.82, 2.24) is 14.7 Å². The fraction of sp³-hybridized carbons (Fsp3) is 0.478. The summed E-state index contributed by atoms with van der Waals surface area (Å²) in [5, 5.41) is 18.1. The van der Waals surface area contributed by atoms with E-state index in [0.717, 1.165) is 31.6 Å². The van der Waals surface area contributed by atoms with Gasteiger partial charge >= 0.3 is 0 Å². The van der Waals surface area contributed by atoms with Crippen LogP contribution in [0, 0.1) is 23.2 Å². The molecule has 0 radical (unpaired) electrons. The maximum Gasteiger partial charge on any atom is 0.254 e. The summed E-state index contributed by atoms with van der Waals surface area (Å²) >= 11 is 5.94. The molecule has 1 saturated carbocycles. The van der Waals surface area contributed by atoms with E-state index < -0.39 is 5.91 Å². The van der Waals surface area contributed by atoms with E-state index in [-0.39, 0.29) is 29.3 Å². The standard InChI is InChI=1S/C23H27ClN6O2/c24-17-5-7-18(8-6-17)27-22-19(21(26)31)14-30(28-22)20-9-4-15(12-16(20)13-25)23(32)29-10-2-1-3-11-29/h5-8,14-16,20H,1-4,9-12H2,(H2,26,31)(H,27,28)/t15-,16+,20-/m0/s1. The first-order chi connectivity index (χ1) is 15.5. The Labute approximate surface area is 192 Å². The smallest absolute Gasteiger partial charge is 0.254 e. The lowest BCUT2D eigenvalue weighted by molar-refractivity contribution is -0.138. The van der Waals surface area contributed by atoms with Gasteiger partial charge in [-0.25, -0.2) is 0 Å². The van der Waals surface area contributed by atoms with Crippen LogP contribution in [-0.4, -0.2) is 39.6 Å². The third kappa shape index (κ3) is 4.73. The summed E-state index contributed by atoms with van der Waals surface area (Å²) in [6, 6.07) is 9.18. The second kappa shape index (κ2) is 9.61. The highest BCUT2D eigenvalue weighted by Crippen LogP contribution is 2.38. The van der Waals surface area contributed by atoms with Crippen LogP contribution >= 0.6 is 11.6 Å². The predicted molar refractivity (Wildman–Crippen MR) is 121 cm³/mol. The van der Waals surface area contributed by atoms with Crippen molar-refractivity contribution in [2.75, 3.05) is 18.4 Å². The highest BCUT2D eigenvalue weighted by molar-refractivity contribution is 6.30. The number of nitrogens with one attached hydrogen (secondary N) is 1. The number of anilines is 2. The lowest BCUT2D eigenvalue weighted by atomic mass is 9.78. The quantitative estimate of drug-likeness (QED) is 0.711. The van der Waals surface area contributed by atoms with Gasteiger partial charge in [-0.05, 0) is 62.8 Å². The molecule has 2 fully saturated rings. The SMILES string of the molecule is N#C[C@H]1C[C@@H](C(=O)N2CCCCC2)CC[C@@H]1n1cc(C(N)=O)c(Nc2ccc(Cl)cc2)n1. The first-order valence-electron chi connectivity index (χ1n) is 11.1. The molecular formula is C23H27ClN6O2. The van der Waals surface area contributed by atoms with E-state index in [2.05, 4.69) is 16.5 Å². The Kier molecular flexibility index (Phi) is 6.66. The van der Waals surface area contributed by atoms with Crippen molar-refractivity contribution in [2.45, 2.75) is 44.6 Å². The average Bonchev–Trinajstić information content (AvgIpc) is 3.24. The molecule has 0 unspecified atom stereocenters. The maximum absolute atomic E-state index is 12.9. The van der Waals surface area contributed by atoms with Crippen molar-refractivity contribution in [3.63, 3.8) is 0 Å². The van der Waals surface area contributed by atoms with E-state index in [1.54, 1.807) is 35.1 Å². The van der Waals surface area contributed by atoms with Crippen molar-refractivity contribution < 1.29 is 9.59 Å². The number of hydrogen-bond donors (Lipinski definition) is 2. The molecule has 2 amide bonds. The molecule has 0 spiro atoms. The fourth-order valence-corrected chi connectivity index (χ4v) is 4.84. The van der Waals surface area contributed by atoms with Gasteiger partial charge in [-0.3, -0.25) is 14.3 Å². The topological polar surface area (TPSA) is 117 Å². The second-order valence-corrected chi connectivity index (χ2v) is 9.00. The predicted octanol–water partition coefficient (Wildman–Crippen LogP) is 3.87. The number of primary amides is 1. The monoisotopic (exact) mass is 454 g/mol. The van der Waals surface area contributed by atoms with Crippen LogP contribution in [-0.2, 0) is 4.79 Å². The number of benzene rings is 1. The minimum Gasteiger partial charge on any atom is -0.365 e. The first-order valence-corrected chi connectivity index (χ1v) is 11.4. The molecular weight excluding hydrogens is 428 g/mol. The van der Waals surface area contributed by atoms with Crippen LogP contribution in [0.25, 0.3) is 0 Å². The van der Waals surface area contributed by atoms with Crippen molar-refractivity contribution in [3.05, 3.63) is 41.0 Å². The van der Waals surface area contributed by atoms with Gasteiger partial charge in [0, 0.05) is 35.9 Å². The van der Waals surface area contributed by atoms with Gasteiger partial charge in [0.15, 0.2) is 5.82 Å².